The van der Waals surface area contributed by atoms with Gasteiger partial charge in [0, 0.05) is 12.8 Å². The lowest BCUT2D eigenvalue weighted by Gasteiger charge is -2.17. The summed E-state index contributed by atoms with van der Waals surface area (Å²) in [6, 6.07) is 8.82. The van der Waals surface area contributed by atoms with Crippen LogP contribution in [-0.2, 0) is 12.7 Å². The molecule has 4 rings (SSSR count). The second-order valence-electron chi connectivity index (χ2n) is 7.19. The van der Waals surface area contributed by atoms with Gasteiger partial charge in [-0.25, -0.2) is 0 Å². The van der Waals surface area contributed by atoms with Gasteiger partial charge in [0.2, 0.25) is 11.2 Å². The molecule has 1 aliphatic rings. The minimum Gasteiger partial charge on any atom is -0.507 e. The van der Waals surface area contributed by atoms with Gasteiger partial charge in [0.15, 0.2) is 5.58 Å². The van der Waals surface area contributed by atoms with Crippen molar-refractivity contribution in [3.8, 4) is 17.2 Å². The van der Waals surface area contributed by atoms with E-state index in [1.54, 1.807) is 18.2 Å². The second kappa shape index (κ2) is 7.96. The van der Waals surface area contributed by atoms with Gasteiger partial charge >= 0.3 is 6.18 Å². The SMILES string of the molecule is O=c1c(Oc2ccccc2Br)c(C(F)(F)F)oc2c(C[NH+]3CCCC3)c(O)ccc12. The van der Waals surface area contributed by atoms with E-state index in [1.165, 1.54) is 18.2 Å². The Balaban J connectivity index is 1.92. The molecule has 0 bridgehead atoms. The molecule has 0 atom stereocenters. The van der Waals surface area contributed by atoms with E-state index in [2.05, 4.69) is 15.9 Å². The van der Waals surface area contributed by atoms with Crippen LogP contribution >= 0.6 is 15.9 Å². The number of phenolic OH excluding ortho intramolecular Hbond substituents is 1. The topological polar surface area (TPSA) is 64.1 Å². The van der Waals surface area contributed by atoms with Gasteiger partial charge in [-0.1, -0.05) is 12.1 Å². The third kappa shape index (κ3) is 3.91. The normalized spacial score (nSPS) is 15.1. The largest absolute Gasteiger partial charge is 0.507 e. The van der Waals surface area contributed by atoms with Gasteiger partial charge < -0.3 is 19.2 Å². The molecule has 1 saturated heterocycles. The van der Waals surface area contributed by atoms with Crippen LogP contribution in [0, 0.1) is 0 Å². The van der Waals surface area contributed by atoms with Crippen LogP contribution in [0.3, 0.4) is 0 Å². The quantitative estimate of drug-likeness (QED) is 0.580. The number of halogens is 4. The van der Waals surface area contributed by atoms with Crippen molar-refractivity contribution < 1.29 is 32.3 Å². The predicted octanol–water partition coefficient (Wildman–Crippen LogP) is 4.25. The monoisotopic (exact) mass is 484 g/mol. The van der Waals surface area contributed by atoms with Crippen molar-refractivity contribution in [2.24, 2.45) is 0 Å². The summed E-state index contributed by atoms with van der Waals surface area (Å²) in [5.74, 6) is -2.61. The molecule has 30 heavy (non-hydrogen) atoms. The number of alkyl halides is 3. The molecule has 1 fully saturated rings. The van der Waals surface area contributed by atoms with Crippen molar-refractivity contribution in [1.82, 2.24) is 0 Å². The molecule has 3 aromatic rings. The predicted molar refractivity (Wildman–Crippen MR) is 107 cm³/mol. The van der Waals surface area contributed by atoms with E-state index in [0.717, 1.165) is 30.8 Å². The van der Waals surface area contributed by atoms with Crippen LogP contribution < -0.4 is 15.1 Å². The molecule has 1 aliphatic heterocycles. The third-order valence-electron chi connectivity index (χ3n) is 5.14. The van der Waals surface area contributed by atoms with Crippen molar-refractivity contribution in [2.45, 2.75) is 25.6 Å². The number of phenols is 1. The third-order valence-corrected chi connectivity index (χ3v) is 5.80. The second-order valence-corrected chi connectivity index (χ2v) is 8.05. The van der Waals surface area contributed by atoms with Crippen molar-refractivity contribution in [2.75, 3.05) is 13.1 Å². The molecule has 0 saturated carbocycles. The first-order valence-electron chi connectivity index (χ1n) is 9.40. The number of hydrogen-bond acceptors (Lipinski definition) is 4. The van der Waals surface area contributed by atoms with Crippen LogP contribution in [0.4, 0.5) is 13.2 Å². The number of aromatic hydroxyl groups is 1. The lowest BCUT2D eigenvalue weighted by Crippen LogP contribution is -3.08. The zero-order valence-electron chi connectivity index (χ0n) is 15.7. The lowest BCUT2D eigenvalue weighted by molar-refractivity contribution is -0.901. The van der Waals surface area contributed by atoms with Crippen LogP contribution in [0.5, 0.6) is 17.2 Å². The lowest BCUT2D eigenvalue weighted by atomic mass is 10.1. The Morgan fingerprint density at radius 2 is 1.83 bits per heavy atom. The van der Waals surface area contributed by atoms with Gasteiger partial charge in [-0.05, 0) is 40.2 Å². The zero-order chi connectivity index (χ0) is 21.5. The van der Waals surface area contributed by atoms with Crippen molar-refractivity contribution in [3.63, 3.8) is 0 Å². The maximum Gasteiger partial charge on any atom is 0.453 e. The van der Waals surface area contributed by atoms with Gasteiger partial charge in [0.05, 0.1) is 28.5 Å². The molecule has 0 amide bonds. The summed E-state index contributed by atoms with van der Waals surface area (Å²) < 4.78 is 52.4. The Labute approximate surface area is 177 Å². The van der Waals surface area contributed by atoms with Crippen molar-refractivity contribution in [3.05, 3.63) is 62.4 Å². The van der Waals surface area contributed by atoms with Crippen molar-refractivity contribution in [1.29, 1.82) is 0 Å². The van der Waals surface area contributed by atoms with Gasteiger partial charge in [-0.3, -0.25) is 4.79 Å². The molecular formula is C21H18BrF3NO4+. The van der Waals surface area contributed by atoms with E-state index >= 15 is 0 Å². The average molecular weight is 485 g/mol. The number of fused-ring (bicyclic) bond motifs is 1. The minimum absolute atomic E-state index is 0.0511. The summed E-state index contributed by atoms with van der Waals surface area (Å²) in [6.45, 7) is 1.96. The first-order chi connectivity index (χ1) is 14.3. The Hall–Kier alpha value is -2.52. The summed E-state index contributed by atoms with van der Waals surface area (Å²) in [5, 5.41) is 10.2. The number of quaternary nitrogens is 1. The summed E-state index contributed by atoms with van der Waals surface area (Å²) in [6.07, 6.45) is -2.96. The maximum atomic E-state index is 13.8. The highest BCUT2D eigenvalue weighted by atomic mass is 79.9. The fourth-order valence-corrected chi connectivity index (χ4v) is 4.04. The number of para-hydroxylation sites is 1. The molecule has 2 N–H and O–H groups in total. The smallest absolute Gasteiger partial charge is 0.453 e. The van der Waals surface area contributed by atoms with Gasteiger partial charge in [0.25, 0.3) is 5.76 Å². The fraction of sp³-hybridized carbons (Fsp3) is 0.286. The molecule has 1 aromatic heterocycles. The standard InChI is InChI=1S/C21H17BrF3NO4/c22-14-5-1-2-6-16(14)29-19-17(28)12-7-8-15(27)13(11-26-9-3-4-10-26)18(12)30-20(19)21(23,24)25/h1-2,5-8,27H,3-4,9-11H2/p+1. The molecule has 2 heterocycles. The van der Waals surface area contributed by atoms with E-state index in [-0.39, 0.29) is 34.6 Å². The highest BCUT2D eigenvalue weighted by Gasteiger charge is 2.41. The highest BCUT2D eigenvalue weighted by molar-refractivity contribution is 9.10. The molecule has 0 spiro atoms. The van der Waals surface area contributed by atoms with Gasteiger partial charge in [0.1, 0.15) is 18.0 Å². The minimum atomic E-state index is -4.97. The molecule has 0 aliphatic carbocycles. The summed E-state index contributed by atoms with van der Waals surface area (Å²) in [7, 11) is 0. The number of nitrogens with one attached hydrogen (secondary N) is 1. The Kier molecular flexibility index (Phi) is 5.50. The molecule has 0 unspecified atom stereocenters. The summed E-state index contributed by atoms with van der Waals surface area (Å²) in [4.78, 5) is 14.1. The van der Waals surface area contributed by atoms with E-state index < -0.39 is 23.1 Å². The van der Waals surface area contributed by atoms with Gasteiger partial charge in [-0.15, -0.1) is 0 Å². The molecule has 9 heteroatoms. The summed E-state index contributed by atoms with van der Waals surface area (Å²) in [5.41, 5.74) is -1.01. The van der Waals surface area contributed by atoms with Gasteiger partial charge in [-0.2, -0.15) is 13.2 Å². The number of rotatable bonds is 4. The molecule has 0 radical (unpaired) electrons. The van der Waals surface area contributed by atoms with E-state index in [9.17, 15) is 23.1 Å². The molecule has 158 valence electrons. The number of hydrogen-bond donors (Lipinski definition) is 2. The van der Waals surface area contributed by atoms with E-state index in [4.69, 9.17) is 9.15 Å². The molecular weight excluding hydrogens is 467 g/mol. The Bertz CT molecular complexity index is 1150. The van der Waals surface area contributed by atoms with E-state index in [1.807, 2.05) is 0 Å². The van der Waals surface area contributed by atoms with Crippen LogP contribution in [0.15, 0.2) is 50.1 Å². The van der Waals surface area contributed by atoms with E-state index in [0.29, 0.717) is 4.47 Å². The first kappa shape index (κ1) is 20.7. The number of likely N-dealkylation sites (tertiary alicyclic amines) is 1. The highest BCUT2D eigenvalue weighted by Crippen LogP contribution is 2.40. The molecule has 5 nitrogen and oxygen atoms in total. The summed E-state index contributed by atoms with van der Waals surface area (Å²) >= 11 is 3.20. The van der Waals surface area contributed by atoms with Crippen LogP contribution in [0.2, 0.25) is 0 Å². The molecule has 2 aromatic carbocycles. The van der Waals surface area contributed by atoms with Crippen molar-refractivity contribution >= 4 is 26.9 Å². The fourth-order valence-electron chi connectivity index (χ4n) is 3.68. The number of ether oxygens (including phenoxy) is 1. The van der Waals surface area contributed by atoms with Crippen LogP contribution in [-0.4, -0.2) is 18.2 Å². The number of benzene rings is 2. The Morgan fingerprint density at radius 3 is 2.50 bits per heavy atom. The van der Waals surface area contributed by atoms with Crippen LogP contribution in [0.1, 0.15) is 24.2 Å². The first-order valence-corrected chi connectivity index (χ1v) is 10.2. The maximum absolute atomic E-state index is 13.8. The average Bonchev–Trinajstić information content (AvgIpc) is 3.20. The zero-order valence-corrected chi connectivity index (χ0v) is 17.3. The van der Waals surface area contributed by atoms with Crippen LogP contribution in [0.25, 0.3) is 11.0 Å². The Morgan fingerprint density at radius 1 is 1.13 bits per heavy atom.